The molecule has 152 valence electrons. The average Bonchev–Trinajstić information content (AvgIpc) is 2.74. The molecule has 4 aliphatic rings. The molecule has 0 aromatic heterocycles. The Kier molecular flexibility index (Phi) is 6.91. The predicted octanol–water partition coefficient (Wildman–Crippen LogP) is 8.00. The number of hydrogen-bond acceptors (Lipinski definition) is 1. The van der Waals surface area contributed by atoms with Gasteiger partial charge in [-0.15, -0.1) is 0 Å². The SMILES string of the molecule is CC(C)(C)[Si](C)(C)O[C@H]1C[C@@H]2C[C@H]3CC[C@@](CCCI)(C2)[C@]31CCCI. The molecule has 0 aliphatic heterocycles. The summed E-state index contributed by atoms with van der Waals surface area (Å²) in [6.07, 6.45) is 13.7. The number of halogens is 2. The lowest BCUT2D eigenvalue weighted by molar-refractivity contribution is -0.176. The molecule has 4 saturated carbocycles. The minimum Gasteiger partial charge on any atom is -0.413 e. The summed E-state index contributed by atoms with van der Waals surface area (Å²) in [7, 11) is -1.72. The Labute approximate surface area is 191 Å². The summed E-state index contributed by atoms with van der Waals surface area (Å²) >= 11 is 5.20. The zero-order valence-corrected chi connectivity index (χ0v) is 23.0. The molecule has 0 saturated heterocycles. The first-order chi connectivity index (χ1) is 12.1. The Morgan fingerprint density at radius 3 is 2.31 bits per heavy atom. The van der Waals surface area contributed by atoms with Crippen molar-refractivity contribution in [2.75, 3.05) is 8.86 Å². The molecule has 1 nitrogen and oxygen atoms in total. The van der Waals surface area contributed by atoms with Gasteiger partial charge < -0.3 is 4.43 Å². The third-order valence-electron chi connectivity index (χ3n) is 8.86. The van der Waals surface area contributed by atoms with Gasteiger partial charge in [0, 0.05) is 5.41 Å². The maximum absolute atomic E-state index is 7.30. The Morgan fingerprint density at radius 2 is 1.69 bits per heavy atom. The van der Waals surface area contributed by atoms with Gasteiger partial charge in [-0.2, -0.15) is 0 Å². The highest BCUT2D eigenvalue weighted by Gasteiger charge is 2.69. The van der Waals surface area contributed by atoms with Crippen molar-refractivity contribution in [2.24, 2.45) is 22.7 Å². The molecule has 4 fully saturated rings. The maximum atomic E-state index is 7.30. The molecule has 0 amide bonds. The fourth-order valence-electron chi connectivity index (χ4n) is 6.87. The van der Waals surface area contributed by atoms with Gasteiger partial charge in [-0.3, -0.25) is 0 Å². The molecule has 4 bridgehead atoms. The van der Waals surface area contributed by atoms with E-state index in [4.69, 9.17) is 4.43 Å². The second-order valence-corrected chi connectivity index (χ2v) is 18.0. The lowest BCUT2D eigenvalue weighted by Gasteiger charge is -2.65. The summed E-state index contributed by atoms with van der Waals surface area (Å²) in [5.41, 5.74) is 1.12. The Morgan fingerprint density at radius 1 is 1.04 bits per heavy atom. The van der Waals surface area contributed by atoms with E-state index in [0.29, 0.717) is 22.0 Å². The van der Waals surface area contributed by atoms with Crippen LogP contribution in [0.2, 0.25) is 18.1 Å². The fourth-order valence-corrected chi connectivity index (χ4v) is 9.00. The highest BCUT2D eigenvalue weighted by atomic mass is 127. The number of rotatable bonds is 8. The summed E-state index contributed by atoms with van der Waals surface area (Å²) in [5, 5.41) is 0.322. The zero-order valence-electron chi connectivity index (χ0n) is 17.7. The van der Waals surface area contributed by atoms with Gasteiger partial charge in [-0.05, 0) is 102 Å². The topological polar surface area (TPSA) is 9.23 Å². The van der Waals surface area contributed by atoms with Gasteiger partial charge in [0.25, 0.3) is 0 Å². The van der Waals surface area contributed by atoms with Crippen LogP contribution in [0.4, 0.5) is 0 Å². The lowest BCUT2D eigenvalue weighted by Crippen LogP contribution is -2.62. The number of fused-ring (bicyclic) bond motifs is 1. The van der Waals surface area contributed by atoms with Crippen LogP contribution in [0.15, 0.2) is 0 Å². The van der Waals surface area contributed by atoms with Gasteiger partial charge in [-0.1, -0.05) is 66.0 Å². The quantitative estimate of drug-likeness (QED) is 0.156. The van der Waals surface area contributed by atoms with E-state index in [9.17, 15) is 0 Å². The molecule has 0 aromatic carbocycles. The van der Waals surface area contributed by atoms with Crippen molar-refractivity contribution in [3.05, 3.63) is 0 Å². The van der Waals surface area contributed by atoms with Gasteiger partial charge in [0.1, 0.15) is 0 Å². The van der Waals surface area contributed by atoms with Crippen LogP contribution in [0.3, 0.4) is 0 Å². The van der Waals surface area contributed by atoms with Crippen molar-refractivity contribution >= 4 is 53.5 Å². The van der Waals surface area contributed by atoms with E-state index in [2.05, 4.69) is 79.0 Å². The molecule has 26 heavy (non-hydrogen) atoms. The predicted molar refractivity (Wildman–Crippen MR) is 133 cm³/mol. The molecular weight excluding hydrogens is 562 g/mol. The Bertz CT molecular complexity index is 503. The fraction of sp³-hybridized carbons (Fsp3) is 1.00. The summed E-state index contributed by atoms with van der Waals surface area (Å²) in [5.74, 6) is 1.91. The maximum Gasteiger partial charge on any atom is 0.192 e. The van der Waals surface area contributed by atoms with Crippen LogP contribution < -0.4 is 0 Å². The molecule has 0 spiro atoms. The van der Waals surface area contributed by atoms with Crippen LogP contribution in [0.25, 0.3) is 0 Å². The van der Waals surface area contributed by atoms with Gasteiger partial charge >= 0.3 is 0 Å². The van der Waals surface area contributed by atoms with E-state index >= 15 is 0 Å². The molecule has 0 radical (unpaired) electrons. The number of hydrogen-bond donors (Lipinski definition) is 0. The van der Waals surface area contributed by atoms with Crippen LogP contribution in [0.1, 0.15) is 78.6 Å². The van der Waals surface area contributed by atoms with Crippen molar-refractivity contribution in [1.29, 1.82) is 0 Å². The van der Waals surface area contributed by atoms with E-state index in [1.165, 1.54) is 66.6 Å². The van der Waals surface area contributed by atoms with Gasteiger partial charge in [-0.25, -0.2) is 0 Å². The van der Waals surface area contributed by atoms with Crippen LogP contribution in [-0.4, -0.2) is 23.3 Å². The molecule has 0 unspecified atom stereocenters. The molecule has 5 atom stereocenters. The van der Waals surface area contributed by atoms with Crippen LogP contribution in [-0.2, 0) is 4.43 Å². The summed E-state index contributed by atoms with van der Waals surface area (Å²) in [6, 6.07) is 0. The summed E-state index contributed by atoms with van der Waals surface area (Å²) in [6.45, 7) is 12.2. The van der Waals surface area contributed by atoms with E-state index in [1.807, 2.05) is 0 Å². The van der Waals surface area contributed by atoms with Crippen LogP contribution >= 0.6 is 45.2 Å². The van der Waals surface area contributed by atoms with E-state index < -0.39 is 8.32 Å². The van der Waals surface area contributed by atoms with E-state index in [0.717, 1.165) is 11.8 Å². The van der Waals surface area contributed by atoms with Crippen molar-refractivity contribution in [2.45, 2.75) is 103 Å². The molecule has 0 N–H and O–H groups in total. The molecule has 0 aromatic rings. The van der Waals surface area contributed by atoms with Crippen molar-refractivity contribution in [1.82, 2.24) is 0 Å². The highest BCUT2D eigenvalue weighted by molar-refractivity contribution is 14.1. The minimum atomic E-state index is -1.72. The molecule has 4 heteroatoms. The average molecular weight is 602 g/mol. The van der Waals surface area contributed by atoms with Crippen molar-refractivity contribution in [3.63, 3.8) is 0 Å². The zero-order chi connectivity index (χ0) is 19.2. The third kappa shape index (κ3) is 3.61. The van der Waals surface area contributed by atoms with E-state index in [-0.39, 0.29) is 0 Å². The standard InChI is InChI=1S/C22H40I2OSi/c1-20(2,3)26(4,5)25-19-15-17-14-18-8-11-21(16-17,9-6-12-23)22(18,19)10-7-13-24/h17-19H,6-16H2,1-5H3/t17-,18+,19-,21-,22+/m0/s1. The largest absolute Gasteiger partial charge is 0.413 e. The van der Waals surface area contributed by atoms with Gasteiger partial charge in [0.2, 0.25) is 0 Å². The molecular formula is C22H40I2OSi. The first-order valence-corrected chi connectivity index (χ1v) is 16.9. The van der Waals surface area contributed by atoms with Crippen molar-refractivity contribution in [3.8, 4) is 0 Å². The normalized spacial score (nSPS) is 39.6. The summed E-state index contributed by atoms with van der Waals surface area (Å²) in [4.78, 5) is 0. The van der Waals surface area contributed by atoms with Gasteiger partial charge in [0.15, 0.2) is 8.32 Å². The lowest BCUT2D eigenvalue weighted by atomic mass is 9.44. The Balaban J connectivity index is 1.96. The first-order valence-electron chi connectivity index (χ1n) is 10.9. The van der Waals surface area contributed by atoms with Gasteiger partial charge in [0.05, 0.1) is 6.10 Å². The first kappa shape index (κ1) is 22.3. The molecule has 4 aliphatic carbocycles. The molecule has 4 rings (SSSR count). The third-order valence-corrected chi connectivity index (χ3v) is 14.9. The second kappa shape index (κ2) is 8.05. The monoisotopic (exact) mass is 602 g/mol. The molecule has 0 heterocycles. The number of alkyl halides is 2. The summed E-state index contributed by atoms with van der Waals surface area (Å²) < 4.78 is 9.93. The van der Waals surface area contributed by atoms with Crippen LogP contribution in [0.5, 0.6) is 0 Å². The highest BCUT2D eigenvalue weighted by Crippen LogP contribution is 2.74. The van der Waals surface area contributed by atoms with Crippen LogP contribution in [0, 0.1) is 22.7 Å². The second-order valence-electron chi connectivity index (χ2n) is 11.0. The smallest absolute Gasteiger partial charge is 0.192 e. The van der Waals surface area contributed by atoms with Crippen molar-refractivity contribution < 1.29 is 4.43 Å². The van der Waals surface area contributed by atoms with E-state index in [1.54, 1.807) is 0 Å². The minimum absolute atomic E-state index is 0.322. The Hall–Kier alpha value is 1.64.